The Bertz CT molecular complexity index is 976. The minimum Gasteiger partial charge on any atom is -0.250 e. The molecule has 0 aliphatic rings. The first-order valence-corrected chi connectivity index (χ1v) is 6.81. The second-order valence-electron chi connectivity index (χ2n) is 4.74. The minimum absolute atomic E-state index is 0.191. The summed E-state index contributed by atoms with van der Waals surface area (Å²) in [5, 5.41) is 6.33. The summed E-state index contributed by atoms with van der Waals surface area (Å²) in [7, 11) is 1.82. The van der Waals surface area contributed by atoms with Crippen LogP contribution in [0.1, 0.15) is 0 Å². The predicted molar refractivity (Wildman–Crippen MR) is 82.1 cm³/mol. The van der Waals surface area contributed by atoms with Gasteiger partial charge in [0.1, 0.15) is 5.69 Å². The van der Waals surface area contributed by atoms with E-state index in [1.807, 2.05) is 43.4 Å². The summed E-state index contributed by atoms with van der Waals surface area (Å²) in [4.78, 5) is 13.2. The van der Waals surface area contributed by atoms with Crippen molar-refractivity contribution in [2.24, 2.45) is 7.05 Å². The van der Waals surface area contributed by atoms with E-state index >= 15 is 0 Å². The van der Waals surface area contributed by atoms with Gasteiger partial charge in [-0.1, -0.05) is 24.3 Å². The van der Waals surface area contributed by atoms with E-state index in [1.165, 1.54) is 0 Å². The topological polar surface area (TPSA) is 56.5 Å². The number of benzene rings is 1. The fourth-order valence-electron chi connectivity index (χ4n) is 2.39. The number of fused-ring (bicyclic) bond motifs is 2. The van der Waals surface area contributed by atoms with E-state index < -0.39 is 0 Å². The Morgan fingerprint density at radius 3 is 2.76 bits per heavy atom. The van der Waals surface area contributed by atoms with Crippen LogP contribution in [0.15, 0.2) is 42.6 Å². The van der Waals surface area contributed by atoms with E-state index in [9.17, 15) is 0 Å². The van der Waals surface area contributed by atoms with Crippen molar-refractivity contribution in [1.82, 2.24) is 24.7 Å². The molecule has 0 aliphatic heterocycles. The SMILES string of the molecule is Cn1ncc2c(-c3ccc4ccccc4n3)nc(Cl)nc21. The third-order valence-corrected chi connectivity index (χ3v) is 3.57. The molecule has 0 saturated heterocycles. The van der Waals surface area contributed by atoms with E-state index in [4.69, 9.17) is 11.6 Å². The van der Waals surface area contributed by atoms with Gasteiger partial charge in [-0.3, -0.25) is 4.68 Å². The molecule has 0 bridgehead atoms. The molecular formula is C15H10ClN5. The van der Waals surface area contributed by atoms with Crippen molar-refractivity contribution in [2.75, 3.05) is 0 Å². The third kappa shape index (κ3) is 1.94. The van der Waals surface area contributed by atoms with Crippen molar-refractivity contribution in [3.05, 3.63) is 47.9 Å². The monoisotopic (exact) mass is 295 g/mol. The smallest absolute Gasteiger partial charge is 0.225 e. The van der Waals surface area contributed by atoms with Crippen molar-refractivity contribution in [1.29, 1.82) is 0 Å². The van der Waals surface area contributed by atoms with Gasteiger partial charge in [0, 0.05) is 12.4 Å². The second kappa shape index (κ2) is 4.49. The normalized spacial score (nSPS) is 11.3. The summed E-state index contributed by atoms with van der Waals surface area (Å²) >= 11 is 6.03. The Hall–Kier alpha value is -2.53. The van der Waals surface area contributed by atoms with Crippen molar-refractivity contribution >= 4 is 33.5 Å². The van der Waals surface area contributed by atoms with E-state index in [0.717, 1.165) is 22.0 Å². The molecule has 0 amide bonds. The van der Waals surface area contributed by atoms with Gasteiger partial charge in [-0.25, -0.2) is 9.97 Å². The number of nitrogens with zero attached hydrogens (tertiary/aromatic N) is 5. The van der Waals surface area contributed by atoms with Crippen LogP contribution in [0.4, 0.5) is 0 Å². The molecule has 21 heavy (non-hydrogen) atoms. The maximum Gasteiger partial charge on any atom is 0.225 e. The molecule has 6 heteroatoms. The fourth-order valence-corrected chi connectivity index (χ4v) is 2.55. The molecule has 0 N–H and O–H groups in total. The number of hydrogen-bond donors (Lipinski definition) is 0. The van der Waals surface area contributed by atoms with E-state index in [1.54, 1.807) is 10.9 Å². The summed E-state index contributed by atoms with van der Waals surface area (Å²) in [6.45, 7) is 0. The summed E-state index contributed by atoms with van der Waals surface area (Å²) in [5.41, 5.74) is 3.07. The molecule has 1 aromatic carbocycles. The van der Waals surface area contributed by atoms with Gasteiger partial charge in [0.15, 0.2) is 5.65 Å². The first kappa shape index (κ1) is 12.2. The maximum atomic E-state index is 6.03. The summed E-state index contributed by atoms with van der Waals surface area (Å²) in [6, 6.07) is 11.9. The number of pyridine rings is 1. The van der Waals surface area contributed by atoms with Crippen LogP contribution >= 0.6 is 11.6 Å². The highest BCUT2D eigenvalue weighted by Gasteiger charge is 2.13. The van der Waals surface area contributed by atoms with Crippen LogP contribution in [0.2, 0.25) is 5.28 Å². The highest BCUT2D eigenvalue weighted by atomic mass is 35.5. The van der Waals surface area contributed by atoms with Crippen LogP contribution in [-0.4, -0.2) is 24.7 Å². The second-order valence-corrected chi connectivity index (χ2v) is 5.07. The average Bonchev–Trinajstić information content (AvgIpc) is 2.87. The first-order valence-electron chi connectivity index (χ1n) is 6.44. The Morgan fingerprint density at radius 2 is 1.86 bits per heavy atom. The molecule has 0 spiro atoms. The Morgan fingerprint density at radius 1 is 1.00 bits per heavy atom. The third-order valence-electron chi connectivity index (χ3n) is 3.41. The van der Waals surface area contributed by atoms with E-state index in [-0.39, 0.29) is 5.28 Å². The zero-order chi connectivity index (χ0) is 14.4. The lowest BCUT2D eigenvalue weighted by Crippen LogP contribution is -1.96. The Kier molecular flexibility index (Phi) is 2.62. The molecule has 4 aromatic rings. The molecule has 0 aliphatic carbocycles. The Balaban J connectivity index is 2.03. The first-order chi connectivity index (χ1) is 10.2. The molecule has 0 saturated carbocycles. The van der Waals surface area contributed by atoms with Gasteiger partial charge < -0.3 is 0 Å². The molecule has 0 atom stereocenters. The molecular weight excluding hydrogens is 286 g/mol. The molecule has 0 radical (unpaired) electrons. The van der Waals surface area contributed by atoms with Gasteiger partial charge in [-0.05, 0) is 23.7 Å². The van der Waals surface area contributed by atoms with Gasteiger partial charge in [0.25, 0.3) is 0 Å². The quantitative estimate of drug-likeness (QED) is 0.506. The number of rotatable bonds is 1. The van der Waals surface area contributed by atoms with Crippen molar-refractivity contribution in [3.8, 4) is 11.4 Å². The lowest BCUT2D eigenvalue weighted by molar-refractivity contribution is 0.785. The van der Waals surface area contributed by atoms with Gasteiger partial charge >= 0.3 is 0 Å². The van der Waals surface area contributed by atoms with Crippen LogP contribution in [-0.2, 0) is 7.05 Å². The van der Waals surface area contributed by atoms with Gasteiger partial charge in [-0.15, -0.1) is 0 Å². The number of aryl methyl sites for hydroxylation is 1. The molecule has 5 nitrogen and oxygen atoms in total. The lowest BCUT2D eigenvalue weighted by Gasteiger charge is -2.04. The zero-order valence-corrected chi connectivity index (χ0v) is 11.9. The molecule has 102 valence electrons. The minimum atomic E-state index is 0.191. The van der Waals surface area contributed by atoms with Crippen molar-refractivity contribution in [2.45, 2.75) is 0 Å². The van der Waals surface area contributed by atoms with Crippen LogP contribution in [0.3, 0.4) is 0 Å². The molecule has 4 rings (SSSR count). The van der Waals surface area contributed by atoms with Gasteiger partial charge in [0.2, 0.25) is 5.28 Å². The number of hydrogen-bond acceptors (Lipinski definition) is 4. The maximum absolute atomic E-state index is 6.03. The van der Waals surface area contributed by atoms with Crippen molar-refractivity contribution < 1.29 is 0 Å². The lowest BCUT2D eigenvalue weighted by atomic mass is 10.1. The molecule has 3 heterocycles. The van der Waals surface area contributed by atoms with Gasteiger partial charge in [-0.2, -0.15) is 10.1 Å². The highest BCUT2D eigenvalue weighted by molar-refractivity contribution is 6.28. The van der Waals surface area contributed by atoms with Crippen LogP contribution in [0, 0.1) is 0 Å². The standard InChI is InChI=1S/C15H10ClN5/c1-21-14-10(8-17-21)13(19-15(16)20-14)12-7-6-9-4-2-3-5-11(9)18-12/h2-8H,1H3. The number of aromatic nitrogens is 5. The fraction of sp³-hybridized carbons (Fsp3) is 0.0667. The summed E-state index contributed by atoms with van der Waals surface area (Å²) in [6.07, 6.45) is 1.73. The van der Waals surface area contributed by atoms with Crippen LogP contribution in [0.25, 0.3) is 33.3 Å². The molecule has 3 aromatic heterocycles. The molecule has 0 fully saturated rings. The zero-order valence-electron chi connectivity index (χ0n) is 11.2. The summed E-state index contributed by atoms with van der Waals surface area (Å²) in [5.74, 6) is 0. The summed E-state index contributed by atoms with van der Waals surface area (Å²) < 4.78 is 1.67. The van der Waals surface area contributed by atoms with E-state index in [0.29, 0.717) is 11.3 Å². The van der Waals surface area contributed by atoms with Gasteiger partial charge in [0.05, 0.1) is 22.8 Å². The average molecular weight is 296 g/mol. The Labute approximate surface area is 125 Å². The number of para-hydroxylation sites is 1. The van der Waals surface area contributed by atoms with Crippen molar-refractivity contribution in [3.63, 3.8) is 0 Å². The van der Waals surface area contributed by atoms with E-state index in [2.05, 4.69) is 20.1 Å². The van der Waals surface area contributed by atoms with Crippen LogP contribution in [0.5, 0.6) is 0 Å². The number of halogens is 1. The largest absolute Gasteiger partial charge is 0.250 e. The highest BCUT2D eigenvalue weighted by Crippen LogP contribution is 2.27. The predicted octanol–water partition coefficient (Wildman–Crippen LogP) is 3.23. The molecule has 0 unspecified atom stereocenters. The van der Waals surface area contributed by atoms with Crippen LogP contribution < -0.4 is 0 Å².